The standard InChI is InChI=1S/C15H20N2O3/c1-2-20-10-6-7-13(18)11(9-10)14-16-15(19)12-5-3-4-8-17(12)14/h6-7,9,12,14,18H,2-5,8H2,1H3,(H,16,19). The van der Waals surface area contributed by atoms with Crippen molar-refractivity contribution in [2.75, 3.05) is 13.2 Å². The topological polar surface area (TPSA) is 61.8 Å². The van der Waals surface area contributed by atoms with Gasteiger partial charge in [-0.25, -0.2) is 0 Å². The summed E-state index contributed by atoms with van der Waals surface area (Å²) in [6.07, 6.45) is 2.84. The average Bonchev–Trinajstić information content (AvgIpc) is 2.79. The maximum atomic E-state index is 12.0. The molecule has 5 nitrogen and oxygen atoms in total. The van der Waals surface area contributed by atoms with E-state index in [2.05, 4.69) is 10.2 Å². The summed E-state index contributed by atoms with van der Waals surface area (Å²) in [6, 6.07) is 5.14. The molecular weight excluding hydrogens is 256 g/mol. The van der Waals surface area contributed by atoms with Crippen molar-refractivity contribution < 1.29 is 14.6 Å². The largest absolute Gasteiger partial charge is 0.508 e. The minimum Gasteiger partial charge on any atom is -0.508 e. The van der Waals surface area contributed by atoms with E-state index >= 15 is 0 Å². The number of carbonyl (C=O) groups is 1. The van der Waals surface area contributed by atoms with E-state index in [0.29, 0.717) is 12.2 Å². The minimum atomic E-state index is -0.242. The SMILES string of the molecule is CCOc1ccc(O)c(C2NC(=O)C3CCCCN32)c1. The first kappa shape index (κ1) is 13.2. The van der Waals surface area contributed by atoms with Crippen LogP contribution in [-0.2, 0) is 4.79 Å². The fourth-order valence-corrected chi connectivity index (χ4v) is 3.12. The lowest BCUT2D eigenvalue weighted by Crippen LogP contribution is -2.38. The molecular formula is C15H20N2O3. The van der Waals surface area contributed by atoms with Gasteiger partial charge in [-0.05, 0) is 38.0 Å². The third-order valence-corrected chi connectivity index (χ3v) is 4.06. The van der Waals surface area contributed by atoms with Crippen LogP contribution in [0.2, 0.25) is 0 Å². The van der Waals surface area contributed by atoms with Crippen LogP contribution in [0.1, 0.15) is 37.9 Å². The second-order valence-electron chi connectivity index (χ2n) is 5.31. The van der Waals surface area contributed by atoms with Crippen LogP contribution in [0.3, 0.4) is 0 Å². The van der Waals surface area contributed by atoms with Gasteiger partial charge in [0, 0.05) is 12.1 Å². The summed E-state index contributed by atoms with van der Waals surface area (Å²) in [5, 5.41) is 13.1. The molecule has 108 valence electrons. The van der Waals surface area contributed by atoms with Gasteiger partial charge >= 0.3 is 0 Å². The second kappa shape index (κ2) is 5.32. The molecule has 2 aliphatic rings. The first-order chi connectivity index (χ1) is 9.70. The quantitative estimate of drug-likeness (QED) is 0.883. The van der Waals surface area contributed by atoms with E-state index in [-0.39, 0.29) is 23.9 Å². The van der Waals surface area contributed by atoms with Crippen molar-refractivity contribution in [3.63, 3.8) is 0 Å². The lowest BCUT2D eigenvalue weighted by Gasteiger charge is -2.31. The zero-order valence-corrected chi connectivity index (χ0v) is 11.6. The number of aromatic hydroxyl groups is 1. The van der Waals surface area contributed by atoms with Crippen LogP contribution < -0.4 is 10.1 Å². The fourth-order valence-electron chi connectivity index (χ4n) is 3.12. The molecule has 0 bridgehead atoms. The maximum absolute atomic E-state index is 12.0. The van der Waals surface area contributed by atoms with Crippen LogP contribution in [0.5, 0.6) is 11.5 Å². The summed E-state index contributed by atoms with van der Waals surface area (Å²) >= 11 is 0. The van der Waals surface area contributed by atoms with Crippen LogP contribution >= 0.6 is 0 Å². The molecule has 2 N–H and O–H groups in total. The van der Waals surface area contributed by atoms with Gasteiger partial charge in [0.15, 0.2) is 0 Å². The number of hydrogen-bond acceptors (Lipinski definition) is 4. The number of rotatable bonds is 3. The zero-order chi connectivity index (χ0) is 14.1. The molecule has 2 unspecified atom stereocenters. The fraction of sp³-hybridized carbons (Fsp3) is 0.533. The van der Waals surface area contributed by atoms with E-state index in [0.717, 1.165) is 31.6 Å². The first-order valence-corrected chi connectivity index (χ1v) is 7.22. The van der Waals surface area contributed by atoms with Crippen LogP contribution in [0, 0.1) is 0 Å². The molecule has 0 aliphatic carbocycles. The van der Waals surface area contributed by atoms with Crippen molar-refractivity contribution in [1.82, 2.24) is 10.2 Å². The van der Waals surface area contributed by atoms with E-state index in [1.807, 2.05) is 13.0 Å². The van der Waals surface area contributed by atoms with Crippen molar-refractivity contribution in [2.24, 2.45) is 0 Å². The number of phenolic OH excluding ortho intramolecular Hbond substituents is 1. The van der Waals surface area contributed by atoms with Gasteiger partial charge in [0.2, 0.25) is 5.91 Å². The summed E-state index contributed by atoms with van der Waals surface area (Å²) in [5.41, 5.74) is 0.716. The molecule has 2 fully saturated rings. The number of nitrogens with zero attached hydrogens (tertiary/aromatic N) is 1. The van der Waals surface area contributed by atoms with Crippen molar-refractivity contribution >= 4 is 5.91 Å². The van der Waals surface area contributed by atoms with Crippen molar-refractivity contribution in [2.45, 2.75) is 38.4 Å². The summed E-state index contributed by atoms with van der Waals surface area (Å²) in [7, 11) is 0. The Hall–Kier alpha value is -1.75. The summed E-state index contributed by atoms with van der Waals surface area (Å²) in [5.74, 6) is 0.982. The van der Waals surface area contributed by atoms with Crippen molar-refractivity contribution in [1.29, 1.82) is 0 Å². The molecule has 0 aromatic heterocycles. The molecule has 0 spiro atoms. The van der Waals surface area contributed by atoms with Crippen molar-refractivity contribution in [3.05, 3.63) is 23.8 Å². The number of nitrogens with one attached hydrogen (secondary N) is 1. The Bertz CT molecular complexity index is 518. The van der Waals surface area contributed by atoms with E-state index < -0.39 is 0 Å². The van der Waals surface area contributed by atoms with Gasteiger partial charge in [-0.3, -0.25) is 9.69 Å². The molecule has 3 rings (SSSR count). The normalized spacial score (nSPS) is 26.1. The number of fused-ring (bicyclic) bond motifs is 1. The Morgan fingerprint density at radius 3 is 3.10 bits per heavy atom. The van der Waals surface area contributed by atoms with E-state index in [1.54, 1.807) is 12.1 Å². The van der Waals surface area contributed by atoms with Gasteiger partial charge in [0.25, 0.3) is 0 Å². The molecule has 0 saturated carbocycles. The Balaban J connectivity index is 1.92. The van der Waals surface area contributed by atoms with Gasteiger partial charge in [0.05, 0.1) is 12.6 Å². The van der Waals surface area contributed by atoms with Gasteiger partial charge in [-0.2, -0.15) is 0 Å². The first-order valence-electron chi connectivity index (χ1n) is 7.22. The summed E-state index contributed by atoms with van der Waals surface area (Å²) in [4.78, 5) is 14.2. The molecule has 20 heavy (non-hydrogen) atoms. The molecule has 2 aliphatic heterocycles. The average molecular weight is 276 g/mol. The number of piperidine rings is 1. The van der Waals surface area contributed by atoms with E-state index in [4.69, 9.17) is 4.74 Å². The molecule has 2 atom stereocenters. The zero-order valence-electron chi connectivity index (χ0n) is 11.6. The molecule has 1 aromatic rings. The number of ether oxygens (including phenoxy) is 1. The van der Waals surface area contributed by atoms with Crippen LogP contribution in [-0.4, -0.2) is 35.1 Å². The predicted molar refractivity (Wildman–Crippen MR) is 74.5 cm³/mol. The summed E-state index contributed by atoms with van der Waals surface area (Å²) < 4.78 is 5.48. The lowest BCUT2D eigenvalue weighted by molar-refractivity contribution is -0.122. The Kier molecular flexibility index (Phi) is 3.53. The smallest absolute Gasteiger partial charge is 0.238 e. The van der Waals surface area contributed by atoms with Crippen LogP contribution in [0.15, 0.2) is 18.2 Å². The molecule has 2 saturated heterocycles. The summed E-state index contributed by atoms with van der Waals surface area (Å²) in [6.45, 7) is 3.38. The third kappa shape index (κ3) is 2.22. The predicted octanol–water partition coefficient (Wildman–Crippen LogP) is 1.77. The van der Waals surface area contributed by atoms with Gasteiger partial charge in [-0.15, -0.1) is 0 Å². The van der Waals surface area contributed by atoms with Crippen LogP contribution in [0.25, 0.3) is 0 Å². The second-order valence-corrected chi connectivity index (χ2v) is 5.31. The highest BCUT2D eigenvalue weighted by Crippen LogP contribution is 2.37. The van der Waals surface area contributed by atoms with Gasteiger partial charge in [-0.1, -0.05) is 6.42 Å². The molecule has 1 aromatic carbocycles. The number of hydrogen-bond donors (Lipinski definition) is 2. The molecule has 0 radical (unpaired) electrons. The number of phenols is 1. The highest BCUT2D eigenvalue weighted by molar-refractivity contribution is 5.84. The number of amides is 1. The minimum absolute atomic E-state index is 0.0519. The third-order valence-electron chi connectivity index (χ3n) is 4.06. The highest BCUT2D eigenvalue weighted by atomic mass is 16.5. The van der Waals surface area contributed by atoms with E-state index in [1.165, 1.54) is 0 Å². The molecule has 1 amide bonds. The highest BCUT2D eigenvalue weighted by Gasteiger charge is 2.42. The monoisotopic (exact) mass is 276 g/mol. The van der Waals surface area contributed by atoms with Gasteiger partial charge in [0.1, 0.15) is 17.7 Å². The Morgan fingerprint density at radius 1 is 1.45 bits per heavy atom. The van der Waals surface area contributed by atoms with Gasteiger partial charge < -0.3 is 15.2 Å². The Labute approximate surface area is 118 Å². The van der Waals surface area contributed by atoms with Crippen LogP contribution in [0.4, 0.5) is 0 Å². The number of benzene rings is 1. The van der Waals surface area contributed by atoms with Crippen molar-refractivity contribution in [3.8, 4) is 11.5 Å². The number of carbonyl (C=O) groups excluding carboxylic acids is 1. The van der Waals surface area contributed by atoms with E-state index in [9.17, 15) is 9.90 Å². The molecule has 5 heteroatoms. The molecule has 2 heterocycles. The lowest BCUT2D eigenvalue weighted by atomic mass is 10.0. The maximum Gasteiger partial charge on any atom is 0.238 e. The Morgan fingerprint density at radius 2 is 2.30 bits per heavy atom.